The third-order valence-electron chi connectivity index (χ3n) is 1.53. The van der Waals surface area contributed by atoms with E-state index in [2.05, 4.69) is 17.1 Å². The fraction of sp³-hybridized carbons (Fsp3) is 0.0769. The summed E-state index contributed by atoms with van der Waals surface area (Å²) in [5.41, 5.74) is 1.00. The third kappa shape index (κ3) is 3.44. The van der Waals surface area contributed by atoms with Crippen molar-refractivity contribution in [3.05, 3.63) is 46.9 Å². The van der Waals surface area contributed by atoms with Gasteiger partial charge in [0, 0.05) is 5.56 Å². The number of allylic oxidation sites excluding steroid dienone is 2. The molecule has 0 aliphatic rings. The minimum atomic E-state index is 0.913. The fourth-order valence-corrected chi connectivity index (χ4v) is 1.22. The van der Waals surface area contributed by atoms with E-state index in [1.54, 1.807) is 0 Å². The first-order valence-electron chi connectivity index (χ1n) is 4.22. The van der Waals surface area contributed by atoms with E-state index in [0.29, 0.717) is 0 Å². The highest BCUT2D eigenvalue weighted by Gasteiger charge is 1.87. The molecule has 0 saturated heterocycles. The monoisotopic (exact) mass is 198 g/mol. The van der Waals surface area contributed by atoms with Crippen molar-refractivity contribution in [3.63, 3.8) is 0 Å². The van der Waals surface area contributed by atoms with Gasteiger partial charge in [-0.25, -0.2) is 0 Å². The van der Waals surface area contributed by atoms with Crippen LogP contribution in [0.5, 0.6) is 0 Å². The van der Waals surface area contributed by atoms with Crippen LogP contribution in [0.15, 0.2) is 41.3 Å². The van der Waals surface area contributed by atoms with Crippen molar-refractivity contribution < 1.29 is 0 Å². The van der Waals surface area contributed by atoms with Crippen LogP contribution in [-0.2, 0) is 0 Å². The second-order valence-corrected chi connectivity index (χ2v) is 3.37. The first-order valence-corrected chi connectivity index (χ1v) is 5.04. The Morgan fingerprint density at radius 3 is 2.64 bits per heavy atom. The Bertz CT molecular complexity index is 410. The number of benzene rings is 1. The van der Waals surface area contributed by atoms with Crippen LogP contribution in [0.1, 0.15) is 12.5 Å². The Morgan fingerprint density at radius 2 is 2.07 bits per heavy atom. The molecule has 1 heteroatoms. The molecule has 1 aromatic rings. The van der Waals surface area contributed by atoms with Gasteiger partial charge in [-0.05, 0) is 36.1 Å². The summed E-state index contributed by atoms with van der Waals surface area (Å²) in [4.78, 5) is 0.913. The van der Waals surface area contributed by atoms with Crippen LogP contribution in [0.4, 0.5) is 0 Å². The summed E-state index contributed by atoms with van der Waals surface area (Å²) in [6, 6.07) is 9.85. The van der Waals surface area contributed by atoms with Crippen LogP contribution in [0, 0.1) is 23.5 Å². The SMILES string of the molecule is C#CS/C(C#Cc1ccccc1)=C\C. The Morgan fingerprint density at radius 1 is 1.36 bits per heavy atom. The van der Waals surface area contributed by atoms with E-state index in [4.69, 9.17) is 6.42 Å². The van der Waals surface area contributed by atoms with Gasteiger partial charge in [0.1, 0.15) is 0 Å². The molecular weight excluding hydrogens is 188 g/mol. The highest BCUT2D eigenvalue weighted by Crippen LogP contribution is 2.11. The number of hydrogen-bond donors (Lipinski definition) is 0. The molecule has 0 aromatic heterocycles. The van der Waals surface area contributed by atoms with E-state index in [1.165, 1.54) is 11.8 Å². The zero-order valence-electron chi connectivity index (χ0n) is 7.95. The molecule has 0 N–H and O–H groups in total. The molecule has 0 amide bonds. The highest BCUT2D eigenvalue weighted by atomic mass is 32.2. The standard InChI is InChI=1S/C13H10S/c1-3-13(14-4-2)11-10-12-8-6-5-7-9-12/h2-3,5-9H,1H3/b13-3-. The summed E-state index contributed by atoms with van der Waals surface area (Å²) in [7, 11) is 0. The molecule has 0 aliphatic heterocycles. The van der Waals surface area contributed by atoms with E-state index >= 15 is 0 Å². The minimum Gasteiger partial charge on any atom is -0.108 e. The number of terminal acetylenes is 1. The van der Waals surface area contributed by atoms with Gasteiger partial charge in [-0.2, -0.15) is 0 Å². The van der Waals surface area contributed by atoms with E-state index in [0.717, 1.165) is 10.5 Å². The molecule has 0 unspecified atom stereocenters. The maximum atomic E-state index is 5.18. The van der Waals surface area contributed by atoms with E-state index < -0.39 is 0 Å². The quantitative estimate of drug-likeness (QED) is 0.624. The van der Waals surface area contributed by atoms with Crippen LogP contribution in [0.3, 0.4) is 0 Å². The van der Waals surface area contributed by atoms with Crippen LogP contribution < -0.4 is 0 Å². The van der Waals surface area contributed by atoms with Crippen molar-refractivity contribution in [2.24, 2.45) is 0 Å². The van der Waals surface area contributed by atoms with Crippen molar-refractivity contribution in [1.82, 2.24) is 0 Å². The van der Waals surface area contributed by atoms with Crippen molar-refractivity contribution in [2.45, 2.75) is 6.92 Å². The lowest BCUT2D eigenvalue weighted by Crippen LogP contribution is -1.72. The lowest BCUT2D eigenvalue weighted by Gasteiger charge is -1.89. The van der Waals surface area contributed by atoms with Gasteiger partial charge >= 0.3 is 0 Å². The average molecular weight is 198 g/mol. The third-order valence-corrected chi connectivity index (χ3v) is 2.21. The van der Waals surface area contributed by atoms with Gasteiger partial charge in [0.15, 0.2) is 0 Å². The maximum absolute atomic E-state index is 5.18. The summed E-state index contributed by atoms with van der Waals surface area (Å²) in [6.45, 7) is 1.93. The lowest BCUT2D eigenvalue weighted by atomic mass is 10.2. The van der Waals surface area contributed by atoms with Crippen molar-refractivity contribution in [3.8, 4) is 23.5 Å². The lowest BCUT2D eigenvalue weighted by molar-refractivity contribution is 1.65. The summed E-state index contributed by atoms with van der Waals surface area (Å²) < 4.78 is 0. The van der Waals surface area contributed by atoms with Crippen molar-refractivity contribution in [1.29, 1.82) is 0 Å². The normalized spacial score (nSPS) is 9.86. The highest BCUT2D eigenvalue weighted by molar-refractivity contribution is 8.07. The van der Waals surface area contributed by atoms with Crippen molar-refractivity contribution >= 4 is 11.8 Å². The van der Waals surface area contributed by atoms with Crippen LogP contribution in [0.25, 0.3) is 0 Å². The molecule has 0 atom stereocenters. The molecule has 1 aromatic carbocycles. The second-order valence-electron chi connectivity index (χ2n) is 2.49. The first kappa shape index (κ1) is 10.5. The van der Waals surface area contributed by atoms with E-state index in [9.17, 15) is 0 Å². The molecule has 14 heavy (non-hydrogen) atoms. The molecule has 0 fully saturated rings. The maximum Gasteiger partial charge on any atom is 0.0663 e. The predicted octanol–water partition coefficient (Wildman–Crippen LogP) is 3.27. The van der Waals surface area contributed by atoms with Crippen LogP contribution >= 0.6 is 11.8 Å². The van der Waals surface area contributed by atoms with Gasteiger partial charge in [0.05, 0.1) is 4.91 Å². The Labute approximate surface area is 89.4 Å². The molecule has 0 heterocycles. The van der Waals surface area contributed by atoms with E-state index in [-0.39, 0.29) is 0 Å². The van der Waals surface area contributed by atoms with Gasteiger partial charge in [-0.15, -0.1) is 6.42 Å². The van der Waals surface area contributed by atoms with Crippen LogP contribution in [-0.4, -0.2) is 0 Å². The molecular formula is C13H10S. The van der Waals surface area contributed by atoms with Gasteiger partial charge < -0.3 is 0 Å². The predicted molar refractivity (Wildman–Crippen MR) is 63.5 cm³/mol. The summed E-state index contributed by atoms with van der Waals surface area (Å²) in [6.07, 6.45) is 7.10. The smallest absolute Gasteiger partial charge is 0.0663 e. The summed E-state index contributed by atoms with van der Waals surface area (Å²) in [5, 5.41) is 2.50. The van der Waals surface area contributed by atoms with E-state index in [1.807, 2.05) is 43.3 Å². The molecule has 1 rings (SSSR count). The zero-order chi connectivity index (χ0) is 10.2. The summed E-state index contributed by atoms with van der Waals surface area (Å²) >= 11 is 1.31. The zero-order valence-corrected chi connectivity index (χ0v) is 8.77. The Hall–Kier alpha value is -1.57. The summed E-state index contributed by atoms with van der Waals surface area (Å²) in [5.74, 6) is 6.06. The second kappa shape index (κ2) is 5.97. The topological polar surface area (TPSA) is 0 Å². The molecule has 68 valence electrons. The molecule has 0 saturated carbocycles. The average Bonchev–Trinajstić information content (AvgIpc) is 2.25. The number of rotatable bonds is 1. The molecule has 0 radical (unpaired) electrons. The minimum absolute atomic E-state index is 0.913. The largest absolute Gasteiger partial charge is 0.108 e. The Kier molecular flexibility index (Phi) is 4.48. The Balaban J connectivity index is 2.78. The molecule has 0 spiro atoms. The first-order chi connectivity index (χ1) is 6.86. The number of hydrogen-bond acceptors (Lipinski definition) is 1. The fourth-order valence-electron chi connectivity index (χ4n) is 0.875. The number of thioether (sulfide) groups is 1. The molecule has 0 bridgehead atoms. The van der Waals surface area contributed by atoms with Gasteiger partial charge in [0.2, 0.25) is 0 Å². The molecule has 0 nitrogen and oxygen atoms in total. The molecule has 0 aliphatic carbocycles. The van der Waals surface area contributed by atoms with Gasteiger partial charge in [-0.1, -0.05) is 36.1 Å². The van der Waals surface area contributed by atoms with Crippen LogP contribution in [0.2, 0.25) is 0 Å². The van der Waals surface area contributed by atoms with Gasteiger partial charge in [0.25, 0.3) is 0 Å². The van der Waals surface area contributed by atoms with Crippen molar-refractivity contribution in [2.75, 3.05) is 0 Å². The van der Waals surface area contributed by atoms with Gasteiger partial charge in [-0.3, -0.25) is 0 Å².